The van der Waals surface area contributed by atoms with Gasteiger partial charge in [0.25, 0.3) is 0 Å². The number of nitrogens with zero attached hydrogens (tertiary/aromatic N) is 5. The Hall–Kier alpha value is -2.21. The molecule has 0 aliphatic heterocycles. The van der Waals surface area contributed by atoms with Crippen molar-refractivity contribution in [2.24, 2.45) is 0 Å². The third-order valence-electron chi connectivity index (χ3n) is 2.50. The predicted octanol–water partition coefficient (Wildman–Crippen LogP) is 2.35. The Morgan fingerprint density at radius 1 is 1.00 bits per heavy atom. The van der Waals surface area contributed by atoms with Crippen LogP contribution in [0.1, 0.15) is 5.56 Å². The lowest BCUT2D eigenvalue weighted by molar-refractivity contribution is 0.792. The molecule has 0 aliphatic rings. The fourth-order valence-corrected chi connectivity index (χ4v) is 2.32. The van der Waals surface area contributed by atoms with Gasteiger partial charge in [-0.15, -0.1) is 10.2 Å². The zero-order chi connectivity index (χ0) is 12.9. The number of thioether (sulfide) groups is 1. The maximum absolute atomic E-state index is 4.19. The second-order valence-corrected chi connectivity index (χ2v) is 4.82. The Morgan fingerprint density at radius 3 is 2.58 bits per heavy atom. The number of rotatable bonds is 4. The van der Waals surface area contributed by atoms with Crippen LogP contribution >= 0.6 is 11.8 Å². The second kappa shape index (κ2) is 5.62. The van der Waals surface area contributed by atoms with Gasteiger partial charge in [-0.05, 0) is 35.9 Å². The Balaban J connectivity index is 1.67. The van der Waals surface area contributed by atoms with Gasteiger partial charge < -0.3 is 0 Å². The summed E-state index contributed by atoms with van der Waals surface area (Å²) < 4.78 is 1.68. The van der Waals surface area contributed by atoms with Crippen molar-refractivity contribution in [1.82, 2.24) is 25.0 Å². The van der Waals surface area contributed by atoms with Crippen LogP contribution in [0.25, 0.3) is 5.82 Å². The summed E-state index contributed by atoms with van der Waals surface area (Å²) in [6, 6.07) is 9.72. The molecule has 19 heavy (non-hydrogen) atoms. The fourth-order valence-electron chi connectivity index (χ4n) is 1.55. The largest absolute Gasteiger partial charge is 0.265 e. The predicted molar refractivity (Wildman–Crippen MR) is 73.0 cm³/mol. The molecule has 0 radical (unpaired) electrons. The fraction of sp³-hybridized carbons (Fsp3) is 0.0769. The van der Waals surface area contributed by atoms with Crippen LogP contribution in [0.5, 0.6) is 0 Å². The van der Waals surface area contributed by atoms with Gasteiger partial charge in [0.1, 0.15) is 5.03 Å². The first-order chi connectivity index (χ1) is 9.42. The highest BCUT2D eigenvalue weighted by Gasteiger charge is 2.01. The maximum Gasteiger partial charge on any atom is 0.175 e. The molecule has 94 valence electrons. The van der Waals surface area contributed by atoms with Gasteiger partial charge in [0.15, 0.2) is 5.82 Å². The molecular weight excluding hydrogens is 258 g/mol. The molecule has 3 rings (SSSR count). The van der Waals surface area contributed by atoms with Crippen molar-refractivity contribution >= 4 is 11.8 Å². The van der Waals surface area contributed by atoms with Crippen LogP contribution in [0.3, 0.4) is 0 Å². The Bertz CT molecular complexity index is 622. The molecule has 6 heteroatoms. The van der Waals surface area contributed by atoms with E-state index in [0.29, 0.717) is 0 Å². The van der Waals surface area contributed by atoms with Gasteiger partial charge in [-0.1, -0.05) is 11.8 Å². The summed E-state index contributed by atoms with van der Waals surface area (Å²) in [5.41, 5.74) is 1.22. The summed E-state index contributed by atoms with van der Waals surface area (Å²) in [6.07, 6.45) is 7.15. The number of pyridine rings is 1. The minimum absolute atomic E-state index is 0.721. The molecule has 0 spiro atoms. The van der Waals surface area contributed by atoms with E-state index in [0.717, 1.165) is 16.6 Å². The number of aromatic nitrogens is 5. The summed E-state index contributed by atoms with van der Waals surface area (Å²) in [7, 11) is 0. The molecule has 3 aromatic heterocycles. The molecule has 3 heterocycles. The van der Waals surface area contributed by atoms with Crippen LogP contribution in [0.15, 0.2) is 60.1 Å². The Morgan fingerprint density at radius 2 is 1.89 bits per heavy atom. The highest BCUT2D eigenvalue weighted by molar-refractivity contribution is 7.98. The van der Waals surface area contributed by atoms with Gasteiger partial charge in [-0.2, -0.15) is 5.10 Å². The van der Waals surface area contributed by atoms with Crippen LogP contribution in [0.4, 0.5) is 0 Å². The minimum Gasteiger partial charge on any atom is -0.265 e. The van der Waals surface area contributed by atoms with E-state index < -0.39 is 0 Å². The van der Waals surface area contributed by atoms with E-state index in [4.69, 9.17) is 0 Å². The number of hydrogen-bond acceptors (Lipinski definition) is 5. The SMILES string of the molecule is c1cnn(-c2ccc(SCc3ccncc3)nn2)c1. The number of hydrogen-bond donors (Lipinski definition) is 0. The van der Waals surface area contributed by atoms with Crippen molar-refractivity contribution in [2.45, 2.75) is 10.8 Å². The van der Waals surface area contributed by atoms with Crippen LogP contribution in [0, 0.1) is 0 Å². The van der Waals surface area contributed by atoms with Crippen LogP contribution in [-0.2, 0) is 5.75 Å². The first-order valence-electron chi connectivity index (χ1n) is 5.77. The molecule has 0 fully saturated rings. The monoisotopic (exact) mass is 269 g/mol. The molecule has 0 amide bonds. The molecular formula is C13H11N5S. The van der Waals surface area contributed by atoms with Gasteiger partial charge in [-0.25, -0.2) is 4.68 Å². The van der Waals surface area contributed by atoms with Crippen LogP contribution in [-0.4, -0.2) is 25.0 Å². The van der Waals surface area contributed by atoms with Gasteiger partial charge in [0.05, 0.1) is 0 Å². The molecule has 0 atom stereocenters. The highest BCUT2D eigenvalue weighted by Crippen LogP contribution is 2.19. The zero-order valence-electron chi connectivity index (χ0n) is 10.0. The van der Waals surface area contributed by atoms with Crippen LogP contribution < -0.4 is 0 Å². The Kier molecular flexibility index (Phi) is 3.51. The van der Waals surface area contributed by atoms with Crippen molar-refractivity contribution in [3.8, 4) is 5.82 Å². The molecule has 0 saturated heterocycles. The van der Waals surface area contributed by atoms with Crippen molar-refractivity contribution in [1.29, 1.82) is 0 Å². The molecule has 0 N–H and O–H groups in total. The summed E-state index contributed by atoms with van der Waals surface area (Å²) in [6.45, 7) is 0. The van der Waals surface area contributed by atoms with E-state index in [1.165, 1.54) is 5.56 Å². The second-order valence-electron chi connectivity index (χ2n) is 3.82. The molecule has 5 nitrogen and oxygen atoms in total. The lowest BCUT2D eigenvalue weighted by Gasteiger charge is -2.02. The zero-order valence-corrected chi connectivity index (χ0v) is 10.9. The van der Waals surface area contributed by atoms with Gasteiger partial charge in [0.2, 0.25) is 0 Å². The molecule has 0 aliphatic carbocycles. The lowest BCUT2D eigenvalue weighted by Crippen LogP contribution is -1.99. The Labute approximate surface area is 114 Å². The smallest absolute Gasteiger partial charge is 0.175 e. The summed E-state index contributed by atoms with van der Waals surface area (Å²) in [5.74, 6) is 1.58. The van der Waals surface area contributed by atoms with E-state index in [1.54, 1.807) is 35.0 Å². The summed E-state index contributed by atoms with van der Waals surface area (Å²) in [5, 5.41) is 13.3. The van der Waals surface area contributed by atoms with Gasteiger partial charge in [0, 0.05) is 30.5 Å². The van der Waals surface area contributed by atoms with Crippen molar-refractivity contribution in [3.05, 3.63) is 60.7 Å². The normalized spacial score (nSPS) is 10.5. The third kappa shape index (κ3) is 2.97. The molecule has 0 unspecified atom stereocenters. The van der Waals surface area contributed by atoms with Gasteiger partial charge >= 0.3 is 0 Å². The van der Waals surface area contributed by atoms with Crippen LogP contribution in [0.2, 0.25) is 0 Å². The lowest BCUT2D eigenvalue weighted by atomic mass is 10.3. The molecule has 3 aromatic rings. The first kappa shape index (κ1) is 11.9. The van der Waals surface area contributed by atoms with E-state index in [9.17, 15) is 0 Å². The highest BCUT2D eigenvalue weighted by atomic mass is 32.2. The first-order valence-corrected chi connectivity index (χ1v) is 6.76. The van der Waals surface area contributed by atoms with Crippen molar-refractivity contribution < 1.29 is 0 Å². The van der Waals surface area contributed by atoms with E-state index in [1.807, 2.05) is 36.5 Å². The molecule has 0 saturated carbocycles. The summed E-state index contributed by atoms with van der Waals surface area (Å²) in [4.78, 5) is 3.99. The van der Waals surface area contributed by atoms with Crippen molar-refractivity contribution in [2.75, 3.05) is 0 Å². The topological polar surface area (TPSA) is 56.5 Å². The van der Waals surface area contributed by atoms with Gasteiger partial charge in [-0.3, -0.25) is 4.98 Å². The van der Waals surface area contributed by atoms with Crippen molar-refractivity contribution in [3.63, 3.8) is 0 Å². The average molecular weight is 269 g/mol. The minimum atomic E-state index is 0.721. The third-order valence-corrected chi connectivity index (χ3v) is 3.49. The molecule has 0 aromatic carbocycles. The standard InChI is InChI=1S/C13H11N5S/c1-6-15-18(9-1)12-2-3-13(17-16-12)19-10-11-4-7-14-8-5-11/h1-9H,10H2. The average Bonchev–Trinajstić information content (AvgIpc) is 3.01. The maximum atomic E-state index is 4.19. The van der Waals surface area contributed by atoms with E-state index >= 15 is 0 Å². The quantitative estimate of drug-likeness (QED) is 0.680. The summed E-state index contributed by atoms with van der Waals surface area (Å²) >= 11 is 1.65. The van der Waals surface area contributed by atoms with E-state index in [2.05, 4.69) is 20.3 Å². The van der Waals surface area contributed by atoms with E-state index in [-0.39, 0.29) is 0 Å². The molecule has 0 bridgehead atoms.